The van der Waals surface area contributed by atoms with E-state index in [1.807, 2.05) is 25.1 Å². The molecule has 1 atom stereocenters. The van der Waals surface area contributed by atoms with E-state index in [1.165, 1.54) is 11.8 Å². The number of hydrogen-bond acceptors (Lipinski definition) is 5. The number of nitrogens with zero attached hydrogens (tertiary/aromatic N) is 2. The van der Waals surface area contributed by atoms with Crippen molar-refractivity contribution >= 4 is 23.4 Å². The molecule has 1 amide bonds. The largest absolute Gasteiger partial charge is 0.343 e. The van der Waals surface area contributed by atoms with Gasteiger partial charge < -0.3 is 11.1 Å². The van der Waals surface area contributed by atoms with E-state index < -0.39 is 6.04 Å². The van der Waals surface area contributed by atoms with Gasteiger partial charge in [-0.05, 0) is 30.3 Å². The summed E-state index contributed by atoms with van der Waals surface area (Å²) < 4.78 is 1.60. The topological polar surface area (TPSA) is 106 Å². The summed E-state index contributed by atoms with van der Waals surface area (Å²) >= 11 is 1.37. The molecule has 0 saturated heterocycles. The van der Waals surface area contributed by atoms with Crippen LogP contribution in [0.4, 0.5) is 5.69 Å². The summed E-state index contributed by atoms with van der Waals surface area (Å²) in [7, 11) is 0. The Morgan fingerprint density at radius 2 is 2.24 bits per heavy atom. The van der Waals surface area contributed by atoms with Crippen molar-refractivity contribution in [3.63, 3.8) is 0 Å². The molecule has 0 saturated carbocycles. The molecule has 2 aromatic rings. The van der Waals surface area contributed by atoms with Gasteiger partial charge in [0.05, 0.1) is 0 Å². The van der Waals surface area contributed by atoms with Crippen LogP contribution in [-0.2, 0) is 11.3 Å². The molecule has 0 aliphatic carbocycles. The summed E-state index contributed by atoms with van der Waals surface area (Å²) in [6, 6.07) is 4.94. The van der Waals surface area contributed by atoms with E-state index in [1.54, 1.807) is 4.57 Å². The Hall–Kier alpha value is -2.06. The molecule has 0 bridgehead atoms. The van der Waals surface area contributed by atoms with Gasteiger partial charge in [-0.2, -0.15) is 0 Å². The number of hydrogen-bond donors (Lipinski definition) is 3. The van der Waals surface area contributed by atoms with Gasteiger partial charge in [-0.15, -0.1) is 5.10 Å². The molecule has 4 N–H and O–H groups in total. The zero-order valence-corrected chi connectivity index (χ0v) is 12.2. The highest BCUT2D eigenvalue weighted by Gasteiger charge is 2.27. The van der Waals surface area contributed by atoms with Gasteiger partial charge >= 0.3 is 5.69 Å². The average molecular weight is 305 g/mol. The van der Waals surface area contributed by atoms with E-state index in [2.05, 4.69) is 15.5 Å². The van der Waals surface area contributed by atoms with Gasteiger partial charge in [-0.1, -0.05) is 13.0 Å². The van der Waals surface area contributed by atoms with Crippen LogP contribution in [0, 0.1) is 0 Å². The SMILES string of the molecule is CCCn1c(Sc2ccc3c(c2)NC(=O)C3N)n[nH]c1=O. The Bertz CT molecular complexity index is 751. The van der Waals surface area contributed by atoms with E-state index in [4.69, 9.17) is 5.73 Å². The number of amides is 1. The summed E-state index contributed by atoms with van der Waals surface area (Å²) in [5.74, 6) is -0.199. The molecule has 1 aliphatic heterocycles. The van der Waals surface area contributed by atoms with E-state index in [-0.39, 0.29) is 11.6 Å². The van der Waals surface area contributed by atoms with Crippen molar-refractivity contribution in [2.45, 2.75) is 36.0 Å². The highest BCUT2D eigenvalue weighted by molar-refractivity contribution is 7.99. The van der Waals surface area contributed by atoms with Gasteiger partial charge in [-0.25, -0.2) is 9.89 Å². The molecule has 3 rings (SSSR count). The molecule has 0 fully saturated rings. The number of benzene rings is 1. The number of fused-ring (bicyclic) bond motifs is 1. The number of H-pyrrole nitrogens is 1. The van der Waals surface area contributed by atoms with Crippen molar-refractivity contribution < 1.29 is 4.79 Å². The van der Waals surface area contributed by atoms with Gasteiger partial charge in [0.25, 0.3) is 0 Å². The van der Waals surface area contributed by atoms with Crippen molar-refractivity contribution in [3.8, 4) is 0 Å². The van der Waals surface area contributed by atoms with Crippen molar-refractivity contribution in [3.05, 3.63) is 34.2 Å². The fourth-order valence-corrected chi connectivity index (χ4v) is 3.14. The molecule has 1 aromatic carbocycles. The maximum absolute atomic E-state index is 11.7. The van der Waals surface area contributed by atoms with Crippen LogP contribution >= 0.6 is 11.8 Å². The first kappa shape index (κ1) is 13.9. The standard InChI is InChI=1S/C13H15N5O2S/c1-2-5-18-12(20)16-17-13(18)21-7-3-4-8-9(6-7)15-11(19)10(8)14/h3-4,6,10H,2,5,14H2,1H3,(H,15,19)(H,16,20). The highest BCUT2D eigenvalue weighted by Crippen LogP contribution is 2.34. The molecule has 1 aliphatic rings. The van der Waals surface area contributed by atoms with Gasteiger partial charge in [0, 0.05) is 22.7 Å². The summed E-state index contributed by atoms with van der Waals surface area (Å²) in [6.45, 7) is 2.62. The maximum atomic E-state index is 11.7. The van der Waals surface area contributed by atoms with Crippen LogP contribution in [-0.4, -0.2) is 20.7 Å². The average Bonchev–Trinajstić information content (AvgIpc) is 2.94. The Kier molecular flexibility index (Phi) is 3.56. The summed E-state index contributed by atoms with van der Waals surface area (Å²) in [5.41, 5.74) is 7.07. The second-order valence-corrected chi connectivity index (χ2v) is 5.82. The Morgan fingerprint density at radius 3 is 3.00 bits per heavy atom. The lowest BCUT2D eigenvalue weighted by molar-refractivity contribution is -0.116. The van der Waals surface area contributed by atoms with Crippen LogP contribution < -0.4 is 16.7 Å². The summed E-state index contributed by atoms with van der Waals surface area (Å²) in [5, 5.41) is 9.84. The molecule has 7 nitrogen and oxygen atoms in total. The molecular weight excluding hydrogens is 290 g/mol. The molecule has 110 valence electrons. The van der Waals surface area contributed by atoms with Gasteiger partial charge in [0.2, 0.25) is 5.91 Å². The van der Waals surface area contributed by atoms with E-state index >= 15 is 0 Å². The third-order valence-electron chi connectivity index (χ3n) is 3.28. The molecule has 8 heteroatoms. The van der Waals surface area contributed by atoms with Gasteiger partial charge in [0.1, 0.15) is 6.04 Å². The second-order valence-electron chi connectivity index (χ2n) is 4.78. The van der Waals surface area contributed by atoms with E-state index in [0.29, 0.717) is 11.7 Å². The molecule has 21 heavy (non-hydrogen) atoms. The monoisotopic (exact) mass is 305 g/mol. The van der Waals surface area contributed by atoms with Crippen LogP contribution in [0.2, 0.25) is 0 Å². The molecule has 1 aromatic heterocycles. The number of carbonyl (C=O) groups is 1. The lowest BCUT2D eigenvalue weighted by Gasteiger charge is -2.06. The Morgan fingerprint density at radius 1 is 1.43 bits per heavy atom. The van der Waals surface area contributed by atoms with Crippen molar-refractivity contribution in [2.24, 2.45) is 5.73 Å². The zero-order chi connectivity index (χ0) is 15.0. The van der Waals surface area contributed by atoms with E-state index in [0.717, 1.165) is 22.6 Å². The number of nitrogens with two attached hydrogens (primary N) is 1. The number of anilines is 1. The van der Waals surface area contributed by atoms with E-state index in [9.17, 15) is 9.59 Å². The molecule has 2 heterocycles. The van der Waals surface area contributed by atoms with Crippen molar-refractivity contribution in [1.29, 1.82) is 0 Å². The number of aromatic nitrogens is 3. The second kappa shape index (κ2) is 5.38. The third kappa shape index (κ3) is 2.47. The van der Waals surface area contributed by atoms with Crippen LogP contribution in [0.15, 0.2) is 33.0 Å². The quantitative estimate of drug-likeness (QED) is 0.784. The van der Waals surface area contributed by atoms with Crippen LogP contribution in [0.3, 0.4) is 0 Å². The Labute approximate surface area is 124 Å². The maximum Gasteiger partial charge on any atom is 0.343 e. The smallest absolute Gasteiger partial charge is 0.324 e. The lowest BCUT2D eigenvalue weighted by atomic mass is 10.1. The molecule has 1 unspecified atom stereocenters. The molecule has 0 radical (unpaired) electrons. The minimum absolute atomic E-state index is 0.199. The Balaban J connectivity index is 1.89. The van der Waals surface area contributed by atoms with Crippen molar-refractivity contribution in [1.82, 2.24) is 14.8 Å². The highest BCUT2D eigenvalue weighted by atomic mass is 32.2. The summed E-state index contributed by atoms with van der Waals surface area (Å²) in [4.78, 5) is 24.1. The fourth-order valence-electron chi connectivity index (χ4n) is 2.24. The number of nitrogens with one attached hydrogen (secondary N) is 2. The van der Waals surface area contributed by atoms with Gasteiger partial charge in [-0.3, -0.25) is 9.36 Å². The fraction of sp³-hybridized carbons (Fsp3) is 0.308. The van der Waals surface area contributed by atoms with Crippen LogP contribution in [0.5, 0.6) is 0 Å². The first-order chi connectivity index (χ1) is 10.1. The normalized spacial score (nSPS) is 16.9. The lowest BCUT2D eigenvalue weighted by Crippen LogP contribution is -2.19. The number of carbonyl (C=O) groups excluding carboxylic acids is 1. The van der Waals surface area contributed by atoms with Crippen LogP contribution in [0.25, 0.3) is 0 Å². The van der Waals surface area contributed by atoms with Crippen molar-refractivity contribution in [2.75, 3.05) is 5.32 Å². The first-order valence-corrected chi connectivity index (χ1v) is 7.45. The first-order valence-electron chi connectivity index (χ1n) is 6.63. The number of aromatic amines is 1. The number of rotatable bonds is 4. The van der Waals surface area contributed by atoms with Gasteiger partial charge in [0.15, 0.2) is 5.16 Å². The molecule has 0 spiro atoms. The summed E-state index contributed by atoms with van der Waals surface area (Å²) in [6.07, 6.45) is 0.849. The molecular formula is C13H15N5O2S. The predicted octanol–water partition coefficient (Wildman–Crippen LogP) is 1.08. The third-order valence-corrected chi connectivity index (χ3v) is 4.26. The predicted molar refractivity (Wildman–Crippen MR) is 79.3 cm³/mol. The minimum atomic E-state index is -0.609. The minimum Gasteiger partial charge on any atom is -0.324 e. The zero-order valence-electron chi connectivity index (χ0n) is 11.4. The van der Waals surface area contributed by atoms with Crippen LogP contribution in [0.1, 0.15) is 24.9 Å².